The smallest absolute Gasteiger partial charge is 0.240 e. The Morgan fingerprint density at radius 1 is 1.19 bits per heavy atom. The van der Waals surface area contributed by atoms with Crippen LogP contribution in [0.15, 0.2) is 24.3 Å². The molecule has 6 nitrogen and oxygen atoms in total. The highest BCUT2D eigenvalue weighted by atomic mass is 32.2. The van der Waals surface area contributed by atoms with Crippen LogP contribution in [0.2, 0.25) is 0 Å². The van der Waals surface area contributed by atoms with Crippen LogP contribution in [0.1, 0.15) is 31.4 Å². The van der Waals surface area contributed by atoms with Crippen LogP contribution in [-0.4, -0.2) is 63.4 Å². The maximum Gasteiger partial charge on any atom is 0.240 e. The number of nitrogens with one attached hydrogen (secondary N) is 1. The number of rotatable bonds is 7. The van der Waals surface area contributed by atoms with E-state index in [0.717, 1.165) is 24.2 Å². The number of likely N-dealkylation sites (N-methyl/N-ethyl adjacent to an activating group) is 1. The number of benzene rings is 1. The van der Waals surface area contributed by atoms with Crippen molar-refractivity contribution in [3.8, 4) is 0 Å². The Kier molecular flexibility index (Phi) is 7.20. The molecule has 146 valence electrons. The van der Waals surface area contributed by atoms with Crippen LogP contribution in [-0.2, 0) is 20.6 Å². The van der Waals surface area contributed by atoms with Crippen molar-refractivity contribution < 1.29 is 13.2 Å². The van der Waals surface area contributed by atoms with Gasteiger partial charge in [0.25, 0.3) is 0 Å². The van der Waals surface area contributed by atoms with E-state index in [0.29, 0.717) is 19.5 Å². The van der Waals surface area contributed by atoms with E-state index in [1.165, 1.54) is 0 Å². The van der Waals surface area contributed by atoms with Crippen molar-refractivity contribution in [2.45, 2.75) is 39.0 Å². The number of aryl methyl sites for hydroxylation is 1. The summed E-state index contributed by atoms with van der Waals surface area (Å²) in [6.45, 7) is 8.85. The summed E-state index contributed by atoms with van der Waals surface area (Å²) in [7, 11) is -1.57. The van der Waals surface area contributed by atoms with Gasteiger partial charge >= 0.3 is 0 Å². The summed E-state index contributed by atoms with van der Waals surface area (Å²) in [5, 5.41) is 0. The van der Waals surface area contributed by atoms with E-state index in [2.05, 4.69) is 9.62 Å². The highest BCUT2D eigenvalue weighted by Crippen LogP contribution is 2.14. The zero-order valence-electron chi connectivity index (χ0n) is 16.2. The molecule has 0 spiro atoms. The second kappa shape index (κ2) is 8.97. The van der Waals surface area contributed by atoms with Crippen LogP contribution in [0.25, 0.3) is 0 Å². The van der Waals surface area contributed by atoms with Gasteiger partial charge in [0.1, 0.15) is 6.04 Å². The summed E-state index contributed by atoms with van der Waals surface area (Å²) in [5.74, 6) is -0.00283. The number of amides is 1. The molecule has 0 aromatic heterocycles. The van der Waals surface area contributed by atoms with Crippen molar-refractivity contribution in [2.75, 3.05) is 33.2 Å². The van der Waals surface area contributed by atoms with Crippen LogP contribution in [0.4, 0.5) is 0 Å². The van der Waals surface area contributed by atoms with Crippen LogP contribution in [0, 0.1) is 12.8 Å². The van der Waals surface area contributed by atoms with E-state index in [1.54, 1.807) is 11.0 Å². The highest BCUT2D eigenvalue weighted by Gasteiger charge is 2.30. The minimum atomic E-state index is -3.60. The Balaban J connectivity index is 2.09. The van der Waals surface area contributed by atoms with E-state index in [-0.39, 0.29) is 17.6 Å². The fourth-order valence-electron chi connectivity index (χ4n) is 3.20. The molecule has 0 bridgehead atoms. The normalized spacial score (nSPS) is 17.5. The van der Waals surface area contributed by atoms with Gasteiger partial charge in [-0.1, -0.05) is 43.7 Å². The molecule has 0 aliphatic carbocycles. The summed E-state index contributed by atoms with van der Waals surface area (Å²) in [5.41, 5.74) is 1.75. The maximum atomic E-state index is 12.9. The second-order valence-electron chi connectivity index (χ2n) is 7.68. The van der Waals surface area contributed by atoms with Crippen molar-refractivity contribution in [3.63, 3.8) is 0 Å². The zero-order chi connectivity index (χ0) is 19.3. The number of hydrogen-bond acceptors (Lipinski definition) is 4. The molecule has 0 saturated carbocycles. The Morgan fingerprint density at radius 2 is 1.85 bits per heavy atom. The monoisotopic (exact) mass is 381 g/mol. The Labute approximate surface area is 157 Å². The summed E-state index contributed by atoms with van der Waals surface area (Å²) >= 11 is 0. The average molecular weight is 382 g/mol. The molecule has 1 saturated heterocycles. The van der Waals surface area contributed by atoms with E-state index in [9.17, 15) is 13.2 Å². The molecule has 7 heteroatoms. The first-order valence-corrected chi connectivity index (χ1v) is 10.8. The lowest BCUT2D eigenvalue weighted by Gasteiger charge is -2.35. The van der Waals surface area contributed by atoms with E-state index in [1.807, 2.05) is 46.0 Å². The Morgan fingerprint density at radius 3 is 2.42 bits per heavy atom. The fraction of sp³-hybridized carbons (Fsp3) is 0.632. The topological polar surface area (TPSA) is 69.7 Å². The minimum Gasteiger partial charge on any atom is -0.339 e. The van der Waals surface area contributed by atoms with Crippen LogP contribution in [0.3, 0.4) is 0 Å². The molecule has 2 rings (SSSR count). The predicted octanol–water partition coefficient (Wildman–Crippen LogP) is 1.60. The van der Waals surface area contributed by atoms with Crippen molar-refractivity contribution in [2.24, 2.45) is 5.92 Å². The number of nitrogens with zero attached hydrogens (tertiary/aromatic N) is 2. The molecule has 0 radical (unpaired) electrons. The van der Waals surface area contributed by atoms with Crippen LogP contribution < -0.4 is 4.72 Å². The van der Waals surface area contributed by atoms with E-state index < -0.39 is 16.1 Å². The first kappa shape index (κ1) is 20.9. The number of sulfonamides is 1. The molecule has 26 heavy (non-hydrogen) atoms. The third-order valence-corrected chi connectivity index (χ3v) is 5.94. The minimum absolute atomic E-state index is 0.111. The summed E-state index contributed by atoms with van der Waals surface area (Å²) < 4.78 is 28.0. The number of hydrogen-bond donors (Lipinski definition) is 1. The van der Waals surface area contributed by atoms with Crippen molar-refractivity contribution in [1.82, 2.24) is 14.5 Å². The van der Waals surface area contributed by atoms with E-state index >= 15 is 0 Å². The molecular weight excluding hydrogens is 350 g/mol. The first-order chi connectivity index (χ1) is 12.2. The zero-order valence-corrected chi connectivity index (χ0v) is 17.1. The lowest BCUT2D eigenvalue weighted by Crippen LogP contribution is -2.54. The highest BCUT2D eigenvalue weighted by molar-refractivity contribution is 7.88. The largest absolute Gasteiger partial charge is 0.339 e. The molecule has 1 N–H and O–H groups in total. The molecule has 1 aliphatic rings. The van der Waals surface area contributed by atoms with Crippen molar-refractivity contribution in [3.05, 3.63) is 35.4 Å². The van der Waals surface area contributed by atoms with Gasteiger partial charge in [-0.15, -0.1) is 0 Å². The average Bonchev–Trinajstić information content (AvgIpc) is 2.53. The molecule has 1 aromatic carbocycles. The predicted molar refractivity (Wildman–Crippen MR) is 104 cm³/mol. The molecule has 0 unspecified atom stereocenters. The lowest BCUT2D eigenvalue weighted by molar-refractivity contribution is -0.135. The van der Waals surface area contributed by atoms with Crippen molar-refractivity contribution >= 4 is 15.9 Å². The van der Waals surface area contributed by atoms with Crippen LogP contribution >= 0.6 is 0 Å². The van der Waals surface area contributed by atoms with Gasteiger partial charge in [-0.25, -0.2) is 13.1 Å². The third kappa shape index (κ3) is 6.37. The number of carbonyl (C=O) groups is 1. The Hall–Kier alpha value is -1.44. The summed E-state index contributed by atoms with van der Waals surface area (Å²) in [6, 6.07) is 6.74. The van der Waals surface area contributed by atoms with Gasteiger partial charge in [0, 0.05) is 26.2 Å². The van der Waals surface area contributed by atoms with Gasteiger partial charge in [0.15, 0.2) is 0 Å². The molecule has 1 aromatic rings. The van der Waals surface area contributed by atoms with E-state index in [4.69, 9.17) is 0 Å². The summed E-state index contributed by atoms with van der Waals surface area (Å²) in [4.78, 5) is 16.9. The molecule has 1 fully saturated rings. The van der Waals surface area contributed by atoms with Gasteiger partial charge in [-0.3, -0.25) is 4.79 Å². The molecule has 1 aliphatic heterocycles. The number of piperazine rings is 1. The maximum absolute atomic E-state index is 12.9. The standard InChI is InChI=1S/C19H31N3O3S/c1-15(2)12-18(19(23)22-10-8-21(4)9-11-22)20-26(24,25)14-17-7-5-6-16(3)13-17/h5-7,13,15,18,20H,8-12,14H2,1-4H3/t18-/m0/s1. The lowest BCUT2D eigenvalue weighted by atomic mass is 10.0. The molecule has 1 amide bonds. The fourth-order valence-corrected chi connectivity index (χ4v) is 4.53. The Bertz CT molecular complexity index is 710. The van der Waals surface area contributed by atoms with Gasteiger partial charge in [0.2, 0.25) is 15.9 Å². The second-order valence-corrected chi connectivity index (χ2v) is 9.43. The van der Waals surface area contributed by atoms with Gasteiger partial charge < -0.3 is 9.80 Å². The first-order valence-electron chi connectivity index (χ1n) is 9.19. The quantitative estimate of drug-likeness (QED) is 0.779. The molecule has 1 heterocycles. The van der Waals surface area contributed by atoms with Gasteiger partial charge in [-0.2, -0.15) is 0 Å². The number of carbonyl (C=O) groups excluding carboxylic acids is 1. The third-order valence-electron chi connectivity index (χ3n) is 4.58. The molecule has 1 atom stereocenters. The van der Waals surface area contributed by atoms with Crippen LogP contribution in [0.5, 0.6) is 0 Å². The van der Waals surface area contributed by atoms with Crippen molar-refractivity contribution in [1.29, 1.82) is 0 Å². The summed E-state index contributed by atoms with van der Waals surface area (Å²) in [6.07, 6.45) is 0.498. The van der Waals surface area contributed by atoms with Gasteiger partial charge in [-0.05, 0) is 31.9 Å². The van der Waals surface area contributed by atoms with Gasteiger partial charge in [0.05, 0.1) is 5.75 Å². The molecular formula is C19H31N3O3S. The SMILES string of the molecule is Cc1cccc(CS(=O)(=O)N[C@@H](CC(C)C)C(=O)N2CCN(C)CC2)c1.